The average Bonchev–Trinajstić information content (AvgIpc) is 2.65. The fourth-order valence-corrected chi connectivity index (χ4v) is 4.03. The Morgan fingerprint density at radius 1 is 1.23 bits per heavy atom. The summed E-state index contributed by atoms with van der Waals surface area (Å²) < 4.78 is 11.6. The highest BCUT2D eigenvalue weighted by Gasteiger charge is 2.22. The third kappa shape index (κ3) is 6.45. The number of rotatable bonds is 9. The molecule has 8 heteroatoms. The van der Waals surface area contributed by atoms with E-state index in [9.17, 15) is 14.7 Å². The minimum atomic E-state index is -1.03. The lowest BCUT2D eigenvalue weighted by molar-refractivity contribution is -0.153. The molecule has 1 unspecified atom stereocenters. The number of carboxylic acid groups (broad SMARTS) is 1. The molecule has 0 spiro atoms. The molecule has 1 amide bonds. The van der Waals surface area contributed by atoms with Crippen LogP contribution in [0.1, 0.15) is 40.9 Å². The highest BCUT2D eigenvalue weighted by molar-refractivity contribution is 9.10. The van der Waals surface area contributed by atoms with Crippen LogP contribution in [0.15, 0.2) is 34.8 Å². The van der Waals surface area contributed by atoms with Gasteiger partial charge in [-0.3, -0.25) is 4.79 Å². The molecule has 0 saturated heterocycles. The Kier molecular flexibility index (Phi) is 8.70. The number of hydrogen-bond donors (Lipinski definition) is 2. The predicted molar refractivity (Wildman–Crippen MR) is 119 cm³/mol. The van der Waals surface area contributed by atoms with E-state index >= 15 is 0 Å². The van der Waals surface area contributed by atoms with Gasteiger partial charge in [0.25, 0.3) is 5.91 Å². The summed E-state index contributed by atoms with van der Waals surface area (Å²) in [6.45, 7) is 5.66. The van der Waals surface area contributed by atoms with Crippen LogP contribution in [0.5, 0.6) is 5.75 Å². The van der Waals surface area contributed by atoms with Gasteiger partial charge in [-0.15, -0.1) is 0 Å². The van der Waals surface area contributed by atoms with Crippen molar-refractivity contribution >= 4 is 39.4 Å². The van der Waals surface area contributed by atoms with Crippen molar-refractivity contribution in [2.24, 2.45) is 0 Å². The average molecular weight is 499 g/mol. The van der Waals surface area contributed by atoms with Crippen LogP contribution in [-0.2, 0) is 22.5 Å². The molecule has 0 heterocycles. The quantitative estimate of drug-likeness (QED) is 0.520. The molecular formula is C22H25BrClNO5. The Bertz CT molecular complexity index is 932. The summed E-state index contributed by atoms with van der Waals surface area (Å²) in [6.07, 6.45) is -1.01. The van der Waals surface area contributed by atoms with E-state index < -0.39 is 12.1 Å². The molecule has 0 aliphatic carbocycles. The largest absolute Gasteiger partial charge is 0.495 e. The summed E-state index contributed by atoms with van der Waals surface area (Å²) in [5.74, 6) is -0.777. The van der Waals surface area contributed by atoms with Crippen molar-refractivity contribution in [2.75, 3.05) is 7.11 Å². The van der Waals surface area contributed by atoms with Crippen LogP contribution in [0.2, 0.25) is 5.02 Å². The molecule has 1 atom stereocenters. The van der Waals surface area contributed by atoms with Crippen LogP contribution in [0, 0.1) is 6.92 Å². The number of nitrogens with one attached hydrogen (secondary N) is 1. The van der Waals surface area contributed by atoms with E-state index in [1.165, 1.54) is 7.11 Å². The van der Waals surface area contributed by atoms with Gasteiger partial charge in [0.2, 0.25) is 0 Å². The number of hydrogen-bond acceptors (Lipinski definition) is 4. The number of methoxy groups -OCH3 is 1. The molecule has 0 fully saturated rings. The zero-order valence-corrected chi connectivity index (χ0v) is 19.6. The molecule has 2 aromatic carbocycles. The molecule has 0 radical (unpaired) electrons. The number of aliphatic carboxylic acids is 1. The molecule has 162 valence electrons. The molecule has 2 rings (SSSR count). The summed E-state index contributed by atoms with van der Waals surface area (Å²) in [5, 5.41) is 12.7. The van der Waals surface area contributed by atoms with E-state index in [0.29, 0.717) is 26.4 Å². The Labute approximate surface area is 189 Å². The van der Waals surface area contributed by atoms with E-state index in [0.717, 1.165) is 11.1 Å². The lowest BCUT2D eigenvalue weighted by Gasteiger charge is -2.19. The first-order valence-electron chi connectivity index (χ1n) is 9.40. The summed E-state index contributed by atoms with van der Waals surface area (Å²) in [6, 6.07) is 8.83. The van der Waals surface area contributed by atoms with Crippen LogP contribution in [0.3, 0.4) is 0 Å². The summed E-state index contributed by atoms with van der Waals surface area (Å²) in [7, 11) is 1.53. The number of ether oxygens (including phenoxy) is 2. The second-order valence-electron chi connectivity index (χ2n) is 7.15. The Morgan fingerprint density at radius 3 is 2.50 bits per heavy atom. The van der Waals surface area contributed by atoms with Gasteiger partial charge in [0.05, 0.1) is 28.3 Å². The SMILES string of the molecule is COc1c(Br)cc(CC(OC(C)C)C(=O)O)cc1CNC(=O)c1ccc(C)cc1Cl. The van der Waals surface area contributed by atoms with E-state index in [-0.39, 0.29) is 25.0 Å². The molecule has 0 saturated carbocycles. The van der Waals surface area contributed by atoms with Gasteiger partial charge in [-0.05, 0) is 66.0 Å². The first kappa shape index (κ1) is 24.2. The topological polar surface area (TPSA) is 84.9 Å². The van der Waals surface area contributed by atoms with E-state index in [1.807, 2.05) is 13.0 Å². The predicted octanol–water partition coefficient (Wildman–Crippen LogP) is 4.77. The fraction of sp³-hybridized carbons (Fsp3) is 0.364. The highest BCUT2D eigenvalue weighted by atomic mass is 79.9. The zero-order chi connectivity index (χ0) is 22.4. The van der Waals surface area contributed by atoms with E-state index in [4.69, 9.17) is 21.1 Å². The first-order valence-corrected chi connectivity index (χ1v) is 10.6. The molecule has 2 N–H and O–H groups in total. The van der Waals surface area contributed by atoms with Crippen molar-refractivity contribution < 1.29 is 24.2 Å². The Morgan fingerprint density at radius 2 is 1.93 bits per heavy atom. The second kappa shape index (κ2) is 10.8. The molecule has 0 bridgehead atoms. The van der Waals surface area contributed by atoms with Gasteiger partial charge in [0.1, 0.15) is 5.75 Å². The number of aryl methyl sites for hydroxylation is 1. The third-order valence-corrected chi connectivity index (χ3v) is 5.23. The second-order valence-corrected chi connectivity index (χ2v) is 8.41. The van der Waals surface area contributed by atoms with Crippen LogP contribution in [-0.4, -0.2) is 36.3 Å². The lowest BCUT2D eigenvalue weighted by Crippen LogP contribution is -2.29. The van der Waals surface area contributed by atoms with Crippen LogP contribution < -0.4 is 10.1 Å². The van der Waals surface area contributed by atoms with Crippen LogP contribution in [0.4, 0.5) is 0 Å². The number of benzene rings is 2. The maximum atomic E-state index is 12.6. The zero-order valence-electron chi connectivity index (χ0n) is 17.3. The van der Waals surface area contributed by atoms with Crippen LogP contribution >= 0.6 is 27.5 Å². The van der Waals surface area contributed by atoms with Gasteiger partial charge in [-0.25, -0.2) is 4.79 Å². The normalized spacial score (nSPS) is 12.0. The van der Waals surface area contributed by atoms with Crippen molar-refractivity contribution in [3.8, 4) is 5.75 Å². The van der Waals surface area contributed by atoms with Crippen molar-refractivity contribution in [1.29, 1.82) is 0 Å². The maximum Gasteiger partial charge on any atom is 0.333 e. The molecule has 2 aromatic rings. The Hall–Kier alpha value is -2.09. The van der Waals surface area contributed by atoms with Gasteiger partial charge in [0.15, 0.2) is 6.10 Å². The summed E-state index contributed by atoms with van der Waals surface area (Å²) in [4.78, 5) is 24.1. The van der Waals surface area contributed by atoms with Crippen molar-refractivity contribution in [2.45, 2.75) is 45.9 Å². The Balaban J connectivity index is 2.23. The first-order chi connectivity index (χ1) is 14.1. The number of amides is 1. The molecule has 30 heavy (non-hydrogen) atoms. The minimum absolute atomic E-state index is 0.181. The summed E-state index contributed by atoms with van der Waals surface area (Å²) >= 11 is 9.64. The van der Waals surface area contributed by atoms with Gasteiger partial charge in [0, 0.05) is 18.5 Å². The number of carbonyl (C=O) groups excluding carboxylic acids is 1. The number of carbonyl (C=O) groups is 2. The molecule has 6 nitrogen and oxygen atoms in total. The lowest BCUT2D eigenvalue weighted by atomic mass is 10.0. The van der Waals surface area contributed by atoms with Crippen molar-refractivity contribution in [1.82, 2.24) is 5.32 Å². The fourth-order valence-electron chi connectivity index (χ4n) is 3.00. The molecule has 0 aromatic heterocycles. The van der Waals surface area contributed by atoms with Gasteiger partial charge in [-0.1, -0.05) is 23.7 Å². The van der Waals surface area contributed by atoms with Gasteiger partial charge < -0.3 is 19.9 Å². The van der Waals surface area contributed by atoms with E-state index in [2.05, 4.69) is 21.2 Å². The monoisotopic (exact) mass is 497 g/mol. The molecular weight excluding hydrogens is 474 g/mol. The van der Waals surface area contributed by atoms with Gasteiger partial charge in [-0.2, -0.15) is 0 Å². The molecule has 0 aliphatic heterocycles. The molecule has 0 aliphatic rings. The van der Waals surface area contributed by atoms with Crippen LogP contribution in [0.25, 0.3) is 0 Å². The summed E-state index contributed by atoms with van der Waals surface area (Å²) in [5.41, 5.74) is 2.79. The third-order valence-electron chi connectivity index (χ3n) is 4.33. The minimum Gasteiger partial charge on any atom is -0.495 e. The smallest absolute Gasteiger partial charge is 0.333 e. The number of carboxylic acids is 1. The maximum absolute atomic E-state index is 12.6. The standard InChI is InChI=1S/C22H25BrClNO5/c1-12(2)30-19(22(27)28)10-14-8-15(20(29-4)17(23)9-14)11-25-21(26)16-6-5-13(3)7-18(16)24/h5-9,12,19H,10-11H2,1-4H3,(H,25,26)(H,27,28). The van der Waals surface area contributed by atoms with Crippen molar-refractivity contribution in [3.63, 3.8) is 0 Å². The van der Waals surface area contributed by atoms with E-state index in [1.54, 1.807) is 38.1 Å². The highest BCUT2D eigenvalue weighted by Crippen LogP contribution is 2.31. The van der Waals surface area contributed by atoms with Crippen molar-refractivity contribution in [3.05, 3.63) is 62.1 Å². The number of halogens is 2. The van der Waals surface area contributed by atoms with Gasteiger partial charge >= 0.3 is 5.97 Å².